The zero-order valence-electron chi connectivity index (χ0n) is 13.4. The Kier molecular flexibility index (Phi) is 5.02. The monoisotopic (exact) mass is 347 g/mol. The predicted octanol–water partition coefficient (Wildman–Crippen LogP) is 2.38. The van der Waals surface area contributed by atoms with E-state index in [1.165, 1.54) is 13.0 Å². The Morgan fingerprint density at radius 2 is 2.24 bits per heavy atom. The summed E-state index contributed by atoms with van der Waals surface area (Å²) in [6.45, 7) is 3.13. The van der Waals surface area contributed by atoms with E-state index in [0.717, 1.165) is 12.1 Å². The number of hydrogen-bond acceptors (Lipinski definition) is 7. The Morgan fingerprint density at radius 1 is 1.56 bits per heavy atom. The van der Waals surface area contributed by atoms with Crippen molar-refractivity contribution in [2.75, 3.05) is 6.61 Å². The number of nitrogens with two attached hydrogens (primary N) is 1. The van der Waals surface area contributed by atoms with Gasteiger partial charge in [-0.2, -0.15) is 9.65 Å². The molecule has 0 bridgehead atoms. The molecule has 0 aliphatic carbocycles. The van der Waals surface area contributed by atoms with Crippen molar-refractivity contribution >= 4 is 11.7 Å². The average Bonchev–Trinajstić information content (AvgIpc) is 2.54. The smallest absolute Gasteiger partial charge is 0.338 e. The highest BCUT2D eigenvalue weighted by Crippen LogP contribution is 2.40. The number of ether oxygens (including phenoxy) is 2. The molecule has 130 valence electrons. The quantitative estimate of drug-likeness (QED) is 0.503. The fourth-order valence-electron chi connectivity index (χ4n) is 2.54. The zero-order valence-corrected chi connectivity index (χ0v) is 13.4. The van der Waals surface area contributed by atoms with Crippen molar-refractivity contribution in [1.29, 1.82) is 5.26 Å². The second kappa shape index (κ2) is 7.00. The summed E-state index contributed by atoms with van der Waals surface area (Å²) in [7, 11) is 0. The minimum Gasteiger partial charge on any atom is -0.463 e. The SMILES string of the molecule is CCOC(=O)C1=C(C)OC(N)=C(C#N)C1c1ccc(F)c([N+](=O)[O-])c1. The molecule has 0 saturated carbocycles. The lowest BCUT2D eigenvalue weighted by molar-refractivity contribution is -0.387. The van der Waals surface area contributed by atoms with Gasteiger partial charge in [-0.3, -0.25) is 10.1 Å². The number of carbonyl (C=O) groups excluding carboxylic acids is 1. The van der Waals surface area contributed by atoms with E-state index in [9.17, 15) is 24.6 Å². The number of halogens is 1. The second-order valence-electron chi connectivity index (χ2n) is 5.08. The van der Waals surface area contributed by atoms with Crippen LogP contribution in [0.2, 0.25) is 0 Å². The van der Waals surface area contributed by atoms with Gasteiger partial charge in [-0.25, -0.2) is 4.79 Å². The van der Waals surface area contributed by atoms with Gasteiger partial charge in [0.1, 0.15) is 17.4 Å². The molecular weight excluding hydrogens is 333 g/mol. The molecule has 1 unspecified atom stereocenters. The summed E-state index contributed by atoms with van der Waals surface area (Å²) in [5.41, 5.74) is 4.95. The van der Waals surface area contributed by atoms with Gasteiger partial charge in [0.25, 0.3) is 0 Å². The molecule has 0 radical (unpaired) electrons. The molecule has 0 fully saturated rings. The largest absolute Gasteiger partial charge is 0.463 e. The lowest BCUT2D eigenvalue weighted by atomic mass is 9.83. The molecule has 2 N–H and O–H groups in total. The van der Waals surface area contributed by atoms with Gasteiger partial charge in [0.05, 0.1) is 23.0 Å². The van der Waals surface area contributed by atoms with Crippen molar-refractivity contribution in [3.05, 3.63) is 62.5 Å². The number of rotatable bonds is 4. The zero-order chi connectivity index (χ0) is 18.7. The first kappa shape index (κ1) is 17.9. The minimum absolute atomic E-state index is 0.0199. The van der Waals surface area contributed by atoms with Crippen LogP contribution in [0.4, 0.5) is 10.1 Å². The lowest BCUT2D eigenvalue weighted by Gasteiger charge is -2.26. The number of hydrogen-bond donors (Lipinski definition) is 1. The van der Waals surface area contributed by atoms with E-state index in [0.29, 0.717) is 0 Å². The van der Waals surface area contributed by atoms with Gasteiger partial charge in [0.15, 0.2) is 0 Å². The van der Waals surface area contributed by atoms with E-state index in [2.05, 4.69) is 0 Å². The number of nitro benzene ring substituents is 1. The number of carbonyl (C=O) groups is 1. The van der Waals surface area contributed by atoms with Gasteiger partial charge in [-0.15, -0.1) is 0 Å². The van der Waals surface area contributed by atoms with Crippen molar-refractivity contribution in [2.45, 2.75) is 19.8 Å². The third-order valence-corrected chi connectivity index (χ3v) is 3.60. The Hall–Kier alpha value is -3.41. The third kappa shape index (κ3) is 3.28. The van der Waals surface area contributed by atoms with Crippen LogP contribution in [0.15, 0.2) is 41.0 Å². The van der Waals surface area contributed by atoms with Gasteiger partial charge < -0.3 is 15.2 Å². The number of nitrogens with zero attached hydrogens (tertiary/aromatic N) is 2. The molecule has 0 spiro atoms. The van der Waals surface area contributed by atoms with Gasteiger partial charge >= 0.3 is 11.7 Å². The number of benzene rings is 1. The van der Waals surface area contributed by atoms with E-state index in [1.807, 2.05) is 6.07 Å². The fourth-order valence-corrected chi connectivity index (χ4v) is 2.54. The molecule has 1 aliphatic heterocycles. The first-order chi connectivity index (χ1) is 11.8. The van der Waals surface area contributed by atoms with E-state index in [-0.39, 0.29) is 35.0 Å². The van der Waals surface area contributed by atoms with Gasteiger partial charge in [-0.1, -0.05) is 6.07 Å². The standard InChI is InChI=1S/C16H14FN3O5/c1-3-24-16(21)13-8(2)25-15(19)10(7-18)14(13)9-4-5-11(17)12(6-9)20(22)23/h4-6,14H,3,19H2,1-2H3. The maximum Gasteiger partial charge on any atom is 0.338 e. The van der Waals surface area contributed by atoms with Gasteiger partial charge in [0.2, 0.25) is 11.7 Å². The van der Waals surface area contributed by atoms with Crippen LogP contribution in [0.25, 0.3) is 0 Å². The molecule has 9 heteroatoms. The van der Waals surface area contributed by atoms with E-state index < -0.39 is 28.3 Å². The van der Waals surface area contributed by atoms with Gasteiger partial charge in [-0.05, 0) is 25.5 Å². The summed E-state index contributed by atoms with van der Waals surface area (Å²) >= 11 is 0. The first-order valence-electron chi connectivity index (χ1n) is 7.21. The first-order valence-corrected chi connectivity index (χ1v) is 7.21. The highest BCUT2D eigenvalue weighted by atomic mass is 19.1. The molecule has 8 nitrogen and oxygen atoms in total. The molecule has 1 heterocycles. The van der Waals surface area contributed by atoms with E-state index in [4.69, 9.17) is 15.2 Å². The third-order valence-electron chi connectivity index (χ3n) is 3.60. The number of allylic oxidation sites excluding steroid dienone is 2. The van der Waals surface area contributed by atoms with Crippen molar-refractivity contribution in [3.8, 4) is 6.07 Å². The highest BCUT2D eigenvalue weighted by molar-refractivity contribution is 5.92. The van der Waals surface area contributed by atoms with E-state index in [1.54, 1.807) is 6.92 Å². The van der Waals surface area contributed by atoms with Crippen LogP contribution in [0.3, 0.4) is 0 Å². The van der Waals surface area contributed by atoms with Crippen molar-refractivity contribution < 1.29 is 23.6 Å². The Balaban J connectivity index is 2.69. The Labute approximate surface area is 142 Å². The Morgan fingerprint density at radius 3 is 2.80 bits per heavy atom. The predicted molar refractivity (Wildman–Crippen MR) is 83.0 cm³/mol. The molecular formula is C16H14FN3O5. The van der Waals surface area contributed by atoms with Crippen LogP contribution in [0, 0.1) is 27.3 Å². The maximum absolute atomic E-state index is 13.6. The van der Waals surface area contributed by atoms with Crippen molar-refractivity contribution in [3.63, 3.8) is 0 Å². The molecule has 0 amide bonds. The molecule has 1 aliphatic rings. The van der Waals surface area contributed by atoms with Crippen molar-refractivity contribution in [1.82, 2.24) is 0 Å². The van der Waals surface area contributed by atoms with Gasteiger partial charge in [0, 0.05) is 6.07 Å². The average molecular weight is 347 g/mol. The normalized spacial score (nSPS) is 17.0. The Bertz CT molecular complexity index is 854. The molecule has 1 aromatic rings. The van der Waals surface area contributed by atoms with Crippen LogP contribution < -0.4 is 5.73 Å². The second-order valence-corrected chi connectivity index (χ2v) is 5.08. The van der Waals surface area contributed by atoms with Crippen LogP contribution in [-0.4, -0.2) is 17.5 Å². The molecule has 0 aromatic heterocycles. The number of nitro groups is 1. The summed E-state index contributed by atoms with van der Waals surface area (Å²) < 4.78 is 23.8. The summed E-state index contributed by atoms with van der Waals surface area (Å²) in [5, 5.41) is 20.4. The summed E-state index contributed by atoms with van der Waals surface area (Å²) in [5.74, 6) is -2.97. The minimum atomic E-state index is -1.06. The molecule has 0 saturated heterocycles. The number of esters is 1. The molecule has 1 aromatic carbocycles. The van der Waals surface area contributed by atoms with Crippen LogP contribution in [0.5, 0.6) is 0 Å². The fraction of sp³-hybridized carbons (Fsp3) is 0.250. The lowest BCUT2D eigenvalue weighted by Crippen LogP contribution is -2.25. The summed E-state index contributed by atoms with van der Waals surface area (Å²) in [4.78, 5) is 22.4. The highest BCUT2D eigenvalue weighted by Gasteiger charge is 2.37. The molecule has 25 heavy (non-hydrogen) atoms. The van der Waals surface area contributed by atoms with Crippen LogP contribution in [-0.2, 0) is 14.3 Å². The number of nitriles is 1. The van der Waals surface area contributed by atoms with Crippen LogP contribution in [0.1, 0.15) is 25.3 Å². The maximum atomic E-state index is 13.6. The van der Waals surface area contributed by atoms with Crippen molar-refractivity contribution in [2.24, 2.45) is 5.73 Å². The molecule has 2 rings (SSSR count). The molecule has 1 atom stereocenters. The summed E-state index contributed by atoms with van der Waals surface area (Å²) in [6, 6.07) is 4.94. The van der Waals surface area contributed by atoms with Crippen LogP contribution >= 0.6 is 0 Å². The topological polar surface area (TPSA) is 128 Å². The van der Waals surface area contributed by atoms with E-state index >= 15 is 0 Å². The summed E-state index contributed by atoms with van der Waals surface area (Å²) in [6.07, 6.45) is 0.